The van der Waals surface area contributed by atoms with E-state index < -0.39 is 12.0 Å². The summed E-state index contributed by atoms with van der Waals surface area (Å²) in [4.78, 5) is 39.2. The van der Waals surface area contributed by atoms with Crippen LogP contribution in [0.4, 0.5) is 0 Å². The average molecular weight is 429 g/mol. The Morgan fingerprint density at radius 3 is 2.48 bits per heavy atom. The van der Waals surface area contributed by atoms with E-state index in [1.807, 2.05) is 13.0 Å². The molecule has 0 saturated carbocycles. The summed E-state index contributed by atoms with van der Waals surface area (Å²) in [7, 11) is 4.41. The van der Waals surface area contributed by atoms with Crippen molar-refractivity contribution in [2.24, 2.45) is 0 Å². The van der Waals surface area contributed by atoms with Crippen molar-refractivity contribution in [3.63, 3.8) is 0 Å². The Hall–Kier alpha value is -3.36. The van der Waals surface area contributed by atoms with Crippen LogP contribution in [0.5, 0.6) is 11.5 Å². The van der Waals surface area contributed by atoms with Crippen molar-refractivity contribution in [1.82, 2.24) is 14.7 Å². The molecule has 0 spiro atoms. The normalized spacial score (nSPS) is 15.2. The number of methoxy groups -OCH3 is 3. The second-order valence-electron chi connectivity index (χ2n) is 7.23. The Morgan fingerprint density at radius 1 is 1.13 bits per heavy atom. The molecule has 1 aromatic heterocycles. The van der Waals surface area contributed by atoms with Crippen LogP contribution in [0.1, 0.15) is 47.4 Å². The van der Waals surface area contributed by atoms with Gasteiger partial charge in [0, 0.05) is 19.2 Å². The van der Waals surface area contributed by atoms with E-state index >= 15 is 0 Å². The monoisotopic (exact) mass is 429 g/mol. The maximum Gasteiger partial charge on any atom is 0.307 e. The fourth-order valence-corrected chi connectivity index (χ4v) is 3.81. The zero-order chi connectivity index (χ0) is 22.5. The fraction of sp³-hybridized carbons (Fsp3) is 0.455. The van der Waals surface area contributed by atoms with Crippen LogP contribution in [-0.2, 0) is 22.5 Å². The smallest absolute Gasteiger partial charge is 0.307 e. The summed E-state index contributed by atoms with van der Waals surface area (Å²) in [5.41, 5.74) is 1.67. The van der Waals surface area contributed by atoms with Crippen molar-refractivity contribution in [1.29, 1.82) is 0 Å². The molecule has 3 rings (SSSR count). The van der Waals surface area contributed by atoms with Crippen LogP contribution < -0.4 is 15.0 Å². The Bertz CT molecular complexity index is 1030. The molecule has 9 nitrogen and oxygen atoms in total. The summed E-state index contributed by atoms with van der Waals surface area (Å²) in [6.07, 6.45) is 1.28. The summed E-state index contributed by atoms with van der Waals surface area (Å²) in [5, 5.41) is 4.24. The topological polar surface area (TPSA) is 100.0 Å². The van der Waals surface area contributed by atoms with Crippen molar-refractivity contribution in [2.75, 3.05) is 27.9 Å². The first-order valence-electron chi connectivity index (χ1n) is 10.1. The number of hydrogen-bond acceptors (Lipinski definition) is 7. The molecule has 0 saturated heterocycles. The van der Waals surface area contributed by atoms with Crippen LogP contribution in [0.2, 0.25) is 0 Å². The lowest BCUT2D eigenvalue weighted by Gasteiger charge is -2.37. The number of benzene rings is 1. The number of rotatable bonds is 7. The maximum absolute atomic E-state index is 13.4. The van der Waals surface area contributed by atoms with Gasteiger partial charge in [0.15, 0.2) is 11.5 Å². The molecular weight excluding hydrogens is 402 g/mol. The second kappa shape index (κ2) is 9.63. The summed E-state index contributed by atoms with van der Waals surface area (Å²) in [6, 6.07) is 5.89. The lowest BCUT2D eigenvalue weighted by Crippen LogP contribution is -2.42. The lowest BCUT2D eigenvalue weighted by atomic mass is 9.89. The van der Waals surface area contributed by atoms with Gasteiger partial charge in [0.25, 0.3) is 11.5 Å². The van der Waals surface area contributed by atoms with Gasteiger partial charge in [-0.25, -0.2) is 4.68 Å². The zero-order valence-electron chi connectivity index (χ0n) is 18.2. The second-order valence-corrected chi connectivity index (χ2v) is 7.23. The third kappa shape index (κ3) is 4.55. The molecule has 9 heteroatoms. The largest absolute Gasteiger partial charge is 0.493 e. The number of nitrogens with zero attached hydrogens (tertiary/aromatic N) is 3. The van der Waals surface area contributed by atoms with Crippen LogP contribution in [0.25, 0.3) is 0 Å². The first-order valence-corrected chi connectivity index (χ1v) is 10.1. The van der Waals surface area contributed by atoms with Crippen LogP contribution >= 0.6 is 0 Å². The average Bonchev–Trinajstić information content (AvgIpc) is 2.79. The third-order valence-electron chi connectivity index (χ3n) is 5.37. The highest BCUT2D eigenvalue weighted by Crippen LogP contribution is 2.40. The van der Waals surface area contributed by atoms with Crippen LogP contribution in [0.15, 0.2) is 29.1 Å². The molecule has 2 aromatic rings. The van der Waals surface area contributed by atoms with Crippen molar-refractivity contribution < 1.29 is 23.8 Å². The van der Waals surface area contributed by atoms with E-state index in [0.29, 0.717) is 37.4 Å². The summed E-state index contributed by atoms with van der Waals surface area (Å²) >= 11 is 0. The Labute approximate surface area is 180 Å². The number of carbonyl (C=O) groups is 2. The van der Waals surface area contributed by atoms with E-state index in [0.717, 1.165) is 11.1 Å². The Kier molecular flexibility index (Phi) is 6.94. The molecule has 0 fully saturated rings. The van der Waals surface area contributed by atoms with E-state index in [4.69, 9.17) is 14.2 Å². The quantitative estimate of drug-likeness (QED) is 0.621. The minimum absolute atomic E-state index is 0.0146. The van der Waals surface area contributed by atoms with Gasteiger partial charge in [-0.05, 0) is 42.2 Å². The minimum atomic E-state index is -0.558. The van der Waals surface area contributed by atoms with Gasteiger partial charge in [0.05, 0.1) is 33.8 Å². The summed E-state index contributed by atoms with van der Waals surface area (Å²) in [5.74, 6) is 0.319. The number of amides is 1. The van der Waals surface area contributed by atoms with Gasteiger partial charge in [0.2, 0.25) is 0 Å². The molecule has 2 heterocycles. The Balaban J connectivity index is 2.04. The predicted molar refractivity (Wildman–Crippen MR) is 112 cm³/mol. The third-order valence-corrected chi connectivity index (χ3v) is 5.37. The first kappa shape index (κ1) is 22.3. The molecule has 0 aliphatic carbocycles. The highest BCUT2D eigenvalue weighted by Gasteiger charge is 2.35. The van der Waals surface area contributed by atoms with Gasteiger partial charge in [-0.2, -0.15) is 5.10 Å². The number of hydrogen-bond donors (Lipinski definition) is 0. The fourth-order valence-electron chi connectivity index (χ4n) is 3.81. The van der Waals surface area contributed by atoms with Crippen LogP contribution in [0, 0.1) is 0 Å². The van der Waals surface area contributed by atoms with Crippen LogP contribution in [-0.4, -0.2) is 54.4 Å². The van der Waals surface area contributed by atoms with Crippen molar-refractivity contribution in [3.8, 4) is 11.5 Å². The molecule has 31 heavy (non-hydrogen) atoms. The molecule has 0 radical (unpaired) electrons. The standard InChI is InChI=1S/C22H27N3O6/c1-5-9-25-20(26)7-6-16(23-25)22(28)24-10-8-14-11-18(29-2)19(30-3)12-15(14)17(24)13-21(27)31-4/h6-7,11-12,17H,5,8-10,13H2,1-4H3. The van der Waals surface area contributed by atoms with Crippen molar-refractivity contribution >= 4 is 11.9 Å². The zero-order valence-corrected chi connectivity index (χ0v) is 18.2. The van der Waals surface area contributed by atoms with Gasteiger partial charge >= 0.3 is 5.97 Å². The molecule has 1 aliphatic rings. The maximum atomic E-state index is 13.4. The number of carbonyl (C=O) groups excluding carboxylic acids is 2. The number of fused-ring (bicyclic) bond motifs is 1. The van der Waals surface area contributed by atoms with E-state index in [1.165, 1.54) is 31.0 Å². The van der Waals surface area contributed by atoms with Gasteiger partial charge < -0.3 is 19.1 Å². The SMILES string of the molecule is CCCn1nc(C(=O)N2CCc3cc(OC)c(OC)cc3C2CC(=O)OC)ccc1=O. The predicted octanol–water partition coefficient (Wildman–Crippen LogP) is 1.97. The summed E-state index contributed by atoms with van der Waals surface area (Å²) in [6.45, 7) is 2.74. The highest BCUT2D eigenvalue weighted by atomic mass is 16.5. The van der Waals surface area contributed by atoms with E-state index in [9.17, 15) is 14.4 Å². The molecular formula is C22H27N3O6. The summed E-state index contributed by atoms with van der Waals surface area (Å²) < 4.78 is 17.0. The number of aromatic nitrogens is 2. The Morgan fingerprint density at radius 2 is 1.84 bits per heavy atom. The van der Waals surface area contributed by atoms with E-state index in [-0.39, 0.29) is 23.6 Å². The van der Waals surface area contributed by atoms with Crippen LogP contribution in [0.3, 0.4) is 0 Å². The van der Waals surface area contributed by atoms with Crippen molar-refractivity contribution in [3.05, 3.63) is 51.4 Å². The highest BCUT2D eigenvalue weighted by molar-refractivity contribution is 5.93. The molecule has 166 valence electrons. The first-order chi connectivity index (χ1) is 14.9. The van der Waals surface area contributed by atoms with E-state index in [1.54, 1.807) is 18.1 Å². The number of esters is 1. The lowest BCUT2D eigenvalue weighted by molar-refractivity contribution is -0.141. The van der Waals surface area contributed by atoms with Gasteiger partial charge in [-0.3, -0.25) is 14.4 Å². The van der Waals surface area contributed by atoms with Gasteiger partial charge in [-0.15, -0.1) is 0 Å². The van der Waals surface area contributed by atoms with Gasteiger partial charge in [0.1, 0.15) is 5.69 Å². The number of aryl methyl sites for hydroxylation is 1. The molecule has 1 amide bonds. The van der Waals surface area contributed by atoms with Gasteiger partial charge in [-0.1, -0.05) is 6.92 Å². The molecule has 1 atom stereocenters. The molecule has 1 aromatic carbocycles. The molecule has 0 N–H and O–H groups in total. The molecule has 1 aliphatic heterocycles. The number of ether oxygens (including phenoxy) is 3. The minimum Gasteiger partial charge on any atom is -0.493 e. The van der Waals surface area contributed by atoms with Crippen molar-refractivity contribution in [2.45, 2.75) is 38.8 Å². The molecule has 1 unspecified atom stereocenters. The molecule has 0 bridgehead atoms. The van der Waals surface area contributed by atoms with E-state index in [2.05, 4.69) is 5.10 Å².